The lowest BCUT2D eigenvalue weighted by molar-refractivity contribution is -0.120. The summed E-state index contributed by atoms with van der Waals surface area (Å²) in [6, 6.07) is 15.2. The van der Waals surface area contributed by atoms with Crippen LogP contribution in [0.2, 0.25) is 5.02 Å². The van der Waals surface area contributed by atoms with E-state index in [9.17, 15) is 4.79 Å². The van der Waals surface area contributed by atoms with Crippen molar-refractivity contribution in [2.75, 3.05) is 43.5 Å². The molecule has 0 saturated carbocycles. The third-order valence-electron chi connectivity index (χ3n) is 4.79. The predicted octanol–water partition coefficient (Wildman–Crippen LogP) is 3.50. The maximum atomic E-state index is 12.6. The van der Waals surface area contributed by atoms with E-state index in [1.54, 1.807) is 13.2 Å². The van der Waals surface area contributed by atoms with Gasteiger partial charge < -0.3 is 15.0 Å². The minimum absolute atomic E-state index is 0.0343. The minimum Gasteiger partial charge on any atom is -0.497 e. The Kier molecular flexibility index (Phi) is 6.01. The number of piperazine rings is 1. The molecule has 2 aromatic rings. The van der Waals surface area contributed by atoms with E-state index in [1.807, 2.05) is 43.3 Å². The normalized spacial score (nSPS) is 16.2. The molecular formula is C20H24ClN3O2. The van der Waals surface area contributed by atoms with Gasteiger partial charge in [-0.05, 0) is 31.2 Å². The average Bonchev–Trinajstić information content (AvgIpc) is 2.69. The van der Waals surface area contributed by atoms with Crippen molar-refractivity contribution >= 4 is 28.9 Å². The lowest BCUT2D eigenvalue weighted by atomic mass is 10.2. The van der Waals surface area contributed by atoms with E-state index in [2.05, 4.69) is 21.2 Å². The van der Waals surface area contributed by atoms with Gasteiger partial charge in [0.15, 0.2) is 0 Å². The Morgan fingerprint density at radius 3 is 2.54 bits per heavy atom. The number of ether oxygens (including phenoxy) is 1. The molecule has 0 aromatic heterocycles. The first-order valence-corrected chi connectivity index (χ1v) is 9.14. The third-order valence-corrected chi connectivity index (χ3v) is 5.12. The van der Waals surface area contributed by atoms with E-state index >= 15 is 0 Å². The number of halogens is 1. The molecule has 5 nitrogen and oxygen atoms in total. The number of hydrogen-bond acceptors (Lipinski definition) is 4. The molecule has 1 saturated heterocycles. The number of nitrogens with one attached hydrogen (secondary N) is 1. The quantitative estimate of drug-likeness (QED) is 0.871. The van der Waals surface area contributed by atoms with E-state index in [1.165, 1.54) is 0 Å². The second kappa shape index (κ2) is 8.43. The van der Waals surface area contributed by atoms with Crippen molar-refractivity contribution in [2.45, 2.75) is 13.0 Å². The molecule has 3 rings (SSSR count). The number of nitrogens with zero attached hydrogens (tertiary/aromatic N) is 2. The first kappa shape index (κ1) is 18.5. The molecule has 0 bridgehead atoms. The highest BCUT2D eigenvalue weighted by Gasteiger charge is 2.26. The summed E-state index contributed by atoms with van der Waals surface area (Å²) in [5.74, 6) is 0.824. The smallest absolute Gasteiger partial charge is 0.241 e. The fraction of sp³-hybridized carbons (Fsp3) is 0.350. The largest absolute Gasteiger partial charge is 0.497 e. The molecule has 6 heteroatoms. The zero-order valence-electron chi connectivity index (χ0n) is 15.1. The van der Waals surface area contributed by atoms with Crippen LogP contribution in [-0.4, -0.2) is 50.1 Å². The molecule has 1 heterocycles. The number of rotatable bonds is 5. The van der Waals surface area contributed by atoms with Gasteiger partial charge in [-0.1, -0.05) is 29.8 Å². The van der Waals surface area contributed by atoms with Crippen LogP contribution in [-0.2, 0) is 4.79 Å². The number of carbonyl (C=O) groups is 1. The van der Waals surface area contributed by atoms with Crippen molar-refractivity contribution < 1.29 is 9.53 Å². The number of benzene rings is 2. The van der Waals surface area contributed by atoms with Crippen molar-refractivity contribution in [3.05, 3.63) is 53.6 Å². The van der Waals surface area contributed by atoms with Crippen LogP contribution in [0, 0.1) is 0 Å². The summed E-state index contributed by atoms with van der Waals surface area (Å²) in [6.45, 7) is 5.34. The summed E-state index contributed by atoms with van der Waals surface area (Å²) in [5.41, 5.74) is 1.80. The first-order chi connectivity index (χ1) is 12.6. The first-order valence-electron chi connectivity index (χ1n) is 8.77. The van der Waals surface area contributed by atoms with E-state index in [0.29, 0.717) is 10.7 Å². The maximum absolute atomic E-state index is 12.6. The monoisotopic (exact) mass is 373 g/mol. The second-order valence-electron chi connectivity index (χ2n) is 6.37. The molecule has 0 aliphatic carbocycles. The minimum atomic E-state index is -0.210. The van der Waals surface area contributed by atoms with Gasteiger partial charge >= 0.3 is 0 Å². The van der Waals surface area contributed by atoms with E-state index in [0.717, 1.165) is 37.6 Å². The molecule has 0 spiro atoms. The summed E-state index contributed by atoms with van der Waals surface area (Å²) in [4.78, 5) is 17.1. The SMILES string of the molecule is COc1cccc(N2CCN(C(C)C(=O)Nc3ccccc3Cl)CC2)c1. The number of hydrogen-bond donors (Lipinski definition) is 1. The van der Waals surface area contributed by atoms with Gasteiger partial charge in [0, 0.05) is 37.9 Å². The van der Waals surface area contributed by atoms with Crippen LogP contribution in [0.15, 0.2) is 48.5 Å². The van der Waals surface area contributed by atoms with Crippen LogP contribution in [0.5, 0.6) is 5.75 Å². The van der Waals surface area contributed by atoms with Gasteiger partial charge in [0.25, 0.3) is 0 Å². The van der Waals surface area contributed by atoms with Gasteiger partial charge in [-0.2, -0.15) is 0 Å². The second-order valence-corrected chi connectivity index (χ2v) is 6.78. The Morgan fingerprint density at radius 2 is 1.85 bits per heavy atom. The summed E-state index contributed by atoms with van der Waals surface area (Å²) < 4.78 is 5.30. The van der Waals surface area contributed by atoms with Gasteiger partial charge in [-0.25, -0.2) is 0 Å². The molecular weight excluding hydrogens is 350 g/mol. The van der Waals surface area contributed by atoms with Crippen LogP contribution in [0.25, 0.3) is 0 Å². The molecule has 1 N–H and O–H groups in total. The van der Waals surface area contributed by atoms with Crippen molar-refractivity contribution in [1.82, 2.24) is 4.90 Å². The number of carbonyl (C=O) groups excluding carboxylic acids is 1. The van der Waals surface area contributed by atoms with Gasteiger partial charge in [0.1, 0.15) is 5.75 Å². The zero-order valence-corrected chi connectivity index (χ0v) is 15.9. The maximum Gasteiger partial charge on any atom is 0.241 e. The van der Waals surface area contributed by atoms with Gasteiger partial charge in [-0.3, -0.25) is 9.69 Å². The summed E-state index contributed by atoms with van der Waals surface area (Å²) in [7, 11) is 1.68. The molecule has 1 fully saturated rings. The van der Waals surface area contributed by atoms with Crippen LogP contribution >= 0.6 is 11.6 Å². The molecule has 1 aliphatic rings. The summed E-state index contributed by atoms with van der Waals surface area (Å²) >= 11 is 6.13. The van der Waals surface area contributed by atoms with Gasteiger partial charge in [0.05, 0.1) is 23.9 Å². The molecule has 0 radical (unpaired) electrons. The highest BCUT2D eigenvalue weighted by Crippen LogP contribution is 2.23. The molecule has 1 atom stereocenters. The summed E-state index contributed by atoms with van der Waals surface area (Å²) in [5, 5.41) is 3.47. The molecule has 2 aromatic carbocycles. The Bertz CT molecular complexity index is 760. The average molecular weight is 374 g/mol. The van der Waals surface area contributed by atoms with Gasteiger partial charge in [0.2, 0.25) is 5.91 Å². The van der Waals surface area contributed by atoms with Crippen LogP contribution < -0.4 is 15.0 Å². The molecule has 138 valence electrons. The fourth-order valence-corrected chi connectivity index (χ4v) is 3.32. The number of amides is 1. The van der Waals surface area contributed by atoms with Crippen LogP contribution in [0.4, 0.5) is 11.4 Å². The summed E-state index contributed by atoms with van der Waals surface area (Å²) in [6.07, 6.45) is 0. The van der Waals surface area contributed by atoms with Crippen LogP contribution in [0.1, 0.15) is 6.92 Å². The van der Waals surface area contributed by atoms with Crippen molar-refractivity contribution in [2.24, 2.45) is 0 Å². The van der Waals surface area contributed by atoms with Crippen molar-refractivity contribution in [3.8, 4) is 5.75 Å². The van der Waals surface area contributed by atoms with Crippen molar-refractivity contribution in [1.29, 1.82) is 0 Å². The number of anilines is 2. The Hall–Kier alpha value is -2.24. The third kappa shape index (κ3) is 4.29. The Morgan fingerprint density at radius 1 is 1.12 bits per heavy atom. The highest BCUT2D eigenvalue weighted by atomic mass is 35.5. The standard InChI is InChI=1S/C20H24ClN3O2/c1-15(20(25)22-19-9-4-3-8-18(19)21)23-10-12-24(13-11-23)16-6-5-7-17(14-16)26-2/h3-9,14-15H,10-13H2,1-2H3,(H,22,25). The van der Waals surface area contributed by atoms with E-state index in [-0.39, 0.29) is 11.9 Å². The Balaban J connectivity index is 1.57. The molecule has 1 amide bonds. The van der Waals surface area contributed by atoms with E-state index in [4.69, 9.17) is 16.3 Å². The lowest BCUT2D eigenvalue weighted by Crippen LogP contribution is -2.52. The zero-order chi connectivity index (χ0) is 18.5. The van der Waals surface area contributed by atoms with Crippen molar-refractivity contribution in [3.63, 3.8) is 0 Å². The predicted molar refractivity (Wildman–Crippen MR) is 106 cm³/mol. The van der Waals surface area contributed by atoms with Gasteiger partial charge in [-0.15, -0.1) is 0 Å². The number of para-hydroxylation sites is 1. The highest BCUT2D eigenvalue weighted by molar-refractivity contribution is 6.33. The Labute approximate surface area is 159 Å². The molecule has 1 unspecified atom stereocenters. The molecule has 26 heavy (non-hydrogen) atoms. The number of methoxy groups -OCH3 is 1. The lowest BCUT2D eigenvalue weighted by Gasteiger charge is -2.38. The molecule has 1 aliphatic heterocycles. The topological polar surface area (TPSA) is 44.8 Å². The van der Waals surface area contributed by atoms with E-state index < -0.39 is 0 Å². The van der Waals surface area contributed by atoms with Crippen LogP contribution in [0.3, 0.4) is 0 Å². The fourth-order valence-electron chi connectivity index (χ4n) is 3.14.